The van der Waals surface area contributed by atoms with Gasteiger partial charge in [0.2, 0.25) is 0 Å². The van der Waals surface area contributed by atoms with Crippen molar-refractivity contribution >= 4 is 38.3 Å². The minimum absolute atomic E-state index is 0.0297. The SMILES string of the molecule is O=C(Nc1ccc(S(=O)(=O)N2CCCC2)s1)N1CCCN(C(=O)c2ccccc2)CC1. The van der Waals surface area contributed by atoms with Crippen molar-refractivity contribution in [1.82, 2.24) is 14.1 Å². The maximum atomic E-state index is 12.7. The van der Waals surface area contributed by atoms with Gasteiger partial charge in [0.15, 0.2) is 0 Å². The van der Waals surface area contributed by atoms with E-state index in [1.807, 2.05) is 18.2 Å². The molecule has 1 aromatic heterocycles. The van der Waals surface area contributed by atoms with E-state index >= 15 is 0 Å². The van der Waals surface area contributed by atoms with Gasteiger partial charge in [-0.15, -0.1) is 11.3 Å². The molecule has 0 aliphatic carbocycles. The van der Waals surface area contributed by atoms with Gasteiger partial charge in [0.25, 0.3) is 15.9 Å². The highest BCUT2D eigenvalue weighted by Crippen LogP contribution is 2.30. The Morgan fingerprint density at radius 1 is 0.806 bits per heavy atom. The molecule has 2 aliphatic rings. The average molecular weight is 463 g/mol. The van der Waals surface area contributed by atoms with E-state index in [0.29, 0.717) is 56.3 Å². The van der Waals surface area contributed by atoms with Gasteiger partial charge in [-0.2, -0.15) is 4.31 Å². The lowest BCUT2D eigenvalue weighted by Crippen LogP contribution is -2.39. The molecule has 4 rings (SSSR count). The zero-order valence-corrected chi connectivity index (χ0v) is 18.8. The fourth-order valence-electron chi connectivity index (χ4n) is 3.85. The Morgan fingerprint density at radius 2 is 1.48 bits per heavy atom. The molecule has 2 saturated heterocycles. The minimum atomic E-state index is -3.48. The zero-order valence-electron chi connectivity index (χ0n) is 17.2. The fraction of sp³-hybridized carbons (Fsp3) is 0.429. The topological polar surface area (TPSA) is 90.0 Å². The summed E-state index contributed by atoms with van der Waals surface area (Å²) in [6, 6.07) is 12.0. The average Bonchev–Trinajstić information content (AvgIpc) is 3.43. The number of hydrogen-bond acceptors (Lipinski definition) is 5. The number of amides is 3. The van der Waals surface area contributed by atoms with Crippen LogP contribution in [-0.4, -0.2) is 73.7 Å². The van der Waals surface area contributed by atoms with Gasteiger partial charge < -0.3 is 9.80 Å². The number of thiophene rings is 1. The first-order valence-corrected chi connectivity index (χ1v) is 12.7. The van der Waals surface area contributed by atoms with E-state index in [-0.39, 0.29) is 16.1 Å². The first-order chi connectivity index (χ1) is 14.9. The third-order valence-corrected chi connectivity index (χ3v) is 8.93. The van der Waals surface area contributed by atoms with Crippen LogP contribution in [-0.2, 0) is 10.0 Å². The monoisotopic (exact) mass is 462 g/mol. The molecule has 0 saturated carbocycles. The summed E-state index contributed by atoms with van der Waals surface area (Å²) in [5.74, 6) is -0.0297. The summed E-state index contributed by atoms with van der Waals surface area (Å²) in [4.78, 5) is 28.9. The number of nitrogens with one attached hydrogen (secondary N) is 1. The van der Waals surface area contributed by atoms with Gasteiger partial charge in [-0.1, -0.05) is 18.2 Å². The van der Waals surface area contributed by atoms with Crippen LogP contribution in [0.3, 0.4) is 0 Å². The van der Waals surface area contributed by atoms with Crippen LogP contribution >= 0.6 is 11.3 Å². The summed E-state index contributed by atoms with van der Waals surface area (Å²) in [6.45, 7) is 3.11. The number of benzene rings is 1. The lowest BCUT2D eigenvalue weighted by Gasteiger charge is -2.22. The van der Waals surface area contributed by atoms with Crippen molar-refractivity contribution in [2.45, 2.75) is 23.5 Å². The van der Waals surface area contributed by atoms with Crippen molar-refractivity contribution in [3.8, 4) is 0 Å². The number of carbonyl (C=O) groups excluding carboxylic acids is 2. The van der Waals surface area contributed by atoms with Crippen LogP contribution in [0.2, 0.25) is 0 Å². The van der Waals surface area contributed by atoms with Gasteiger partial charge >= 0.3 is 6.03 Å². The van der Waals surface area contributed by atoms with Gasteiger partial charge in [0.05, 0.1) is 5.00 Å². The molecule has 31 heavy (non-hydrogen) atoms. The van der Waals surface area contributed by atoms with E-state index in [1.54, 1.807) is 34.1 Å². The second kappa shape index (κ2) is 9.37. The lowest BCUT2D eigenvalue weighted by atomic mass is 10.2. The van der Waals surface area contributed by atoms with Gasteiger partial charge in [-0.05, 0) is 43.5 Å². The van der Waals surface area contributed by atoms with Crippen molar-refractivity contribution in [3.63, 3.8) is 0 Å². The minimum Gasteiger partial charge on any atom is -0.337 e. The number of nitrogens with zero attached hydrogens (tertiary/aromatic N) is 3. The quantitative estimate of drug-likeness (QED) is 0.757. The number of urea groups is 1. The third kappa shape index (κ3) is 4.91. The van der Waals surface area contributed by atoms with Crippen molar-refractivity contribution in [3.05, 3.63) is 48.0 Å². The molecule has 0 unspecified atom stereocenters. The van der Waals surface area contributed by atoms with E-state index in [4.69, 9.17) is 0 Å². The summed E-state index contributed by atoms with van der Waals surface area (Å²) in [6.07, 6.45) is 2.45. The smallest absolute Gasteiger partial charge is 0.322 e. The maximum absolute atomic E-state index is 12.7. The second-order valence-electron chi connectivity index (χ2n) is 7.66. The van der Waals surface area contributed by atoms with Crippen molar-refractivity contribution in [2.75, 3.05) is 44.6 Å². The second-order valence-corrected chi connectivity index (χ2v) is 10.9. The molecule has 3 amide bonds. The van der Waals surface area contributed by atoms with E-state index in [2.05, 4.69) is 5.32 Å². The highest BCUT2D eigenvalue weighted by molar-refractivity contribution is 7.91. The Balaban J connectivity index is 1.35. The molecule has 2 aliphatic heterocycles. The van der Waals surface area contributed by atoms with Gasteiger partial charge in [0.1, 0.15) is 4.21 Å². The molecule has 1 N–H and O–H groups in total. The number of hydrogen-bond donors (Lipinski definition) is 1. The number of sulfonamides is 1. The van der Waals surface area contributed by atoms with Gasteiger partial charge in [-0.25, -0.2) is 13.2 Å². The molecular weight excluding hydrogens is 436 g/mol. The van der Waals surface area contributed by atoms with Crippen LogP contribution in [0, 0.1) is 0 Å². The Bertz CT molecular complexity index is 1030. The fourth-order valence-corrected chi connectivity index (χ4v) is 6.72. The summed E-state index contributed by atoms with van der Waals surface area (Å²) < 4.78 is 27.1. The first kappa shape index (κ1) is 21.8. The van der Waals surface area contributed by atoms with E-state index in [9.17, 15) is 18.0 Å². The molecule has 0 bridgehead atoms. The molecule has 166 valence electrons. The van der Waals surface area contributed by atoms with E-state index in [1.165, 1.54) is 4.31 Å². The Labute approximate surface area is 186 Å². The summed E-state index contributed by atoms with van der Waals surface area (Å²) >= 11 is 1.07. The molecule has 3 heterocycles. The predicted octanol–water partition coefficient (Wildman–Crippen LogP) is 2.91. The van der Waals surface area contributed by atoms with Crippen molar-refractivity contribution in [1.29, 1.82) is 0 Å². The molecule has 8 nitrogen and oxygen atoms in total. The number of carbonyl (C=O) groups is 2. The number of rotatable bonds is 4. The predicted molar refractivity (Wildman–Crippen MR) is 120 cm³/mol. The maximum Gasteiger partial charge on any atom is 0.322 e. The Kier molecular flexibility index (Phi) is 6.59. The molecule has 0 spiro atoms. The van der Waals surface area contributed by atoms with E-state index in [0.717, 1.165) is 24.2 Å². The molecule has 2 fully saturated rings. The molecular formula is C21H26N4O4S2. The zero-order chi connectivity index (χ0) is 21.8. The van der Waals surface area contributed by atoms with Gasteiger partial charge in [-0.3, -0.25) is 10.1 Å². The Hall–Kier alpha value is -2.43. The van der Waals surface area contributed by atoms with Crippen LogP contribution in [0.25, 0.3) is 0 Å². The van der Waals surface area contributed by atoms with E-state index < -0.39 is 10.0 Å². The Morgan fingerprint density at radius 3 is 2.23 bits per heavy atom. The largest absolute Gasteiger partial charge is 0.337 e. The molecule has 0 atom stereocenters. The molecule has 10 heteroatoms. The van der Waals surface area contributed by atoms with Crippen molar-refractivity contribution < 1.29 is 18.0 Å². The third-order valence-electron chi connectivity index (χ3n) is 5.56. The highest BCUT2D eigenvalue weighted by Gasteiger charge is 2.29. The highest BCUT2D eigenvalue weighted by atomic mass is 32.2. The molecule has 2 aromatic rings. The normalized spacial score (nSPS) is 18.1. The number of anilines is 1. The van der Waals surface area contributed by atoms with Crippen LogP contribution in [0.4, 0.5) is 9.80 Å². The van der Waals surface area contributed by atoms with Crippen LogP contribution < -0.4 is 5.32 Å². The standard InChI is InChI=1S/C21H26N4O4S2/c26-20(17-7-2-1-3-8-17)23-11-6-12-24(16-15-23)21(27)22-18-9-10-19(30-18)31(28,29)25-13-4-5-14-25/h1-3,7-10H,4-6,11-16H2,(H,22,27). The summed E-state index contributed by atoms with van der Waals surface area (Å²) in [5, 5.41) is 3.32. The summed E-state index contributed by atoms with van der Waals surface area (Å²) in [7, 11) is -3.48. The molecule has 0 radical (unpaired) electrons. The van der Waals surface area contributed by atoms with Gasteiger partial charge in [0, 0.05) is 44.8 Å². The first-order valence-electron chi connectivity index (χ1n) is 10.5. The van der Waals surface area contributed by atoms with Crippen LogP contribution in [0.15, 0.2) is 46.7 Å². The van der Waals surface area contributed by atoms with Crippen LogP contribution in [0.1, 0.15) is 29.6 Å². The summed E-state index contributed by atoms with van der Waals surface area (Å²) in [5.41, 5.74) is 0.644. The van der Waals surface area contributed by atoms with Crippen molar-refractivity contribution in [2.24, 2.45) is 0 Å². The molecule has 1 aromatic carbocycles. The van der Waals surface area contributed by atoms with Crippen LogP contribution in [0.5, 0.6) is 0 Å². The lowest BCUT2D eigenvalue weighted by molar-refractivity contribution is 0.0762.